The molecule has 0 amide bonds. The predicted molar refractivity (Wildman–Crippen MR) is 97.6 cm³/mol. The summed E-state index contributed by atoms with van der Waals surface area (Å²) in [4.78, 5) is 11.4. The zero-order chi connectivity index (χ0) is 17.4. The molecule has 0 atom stereocenters. The third-order valence-corrected chi connectivity index (χ3v) is 6.19. The molecule has 0 saturated carbocycles. The Hall–Kier alpha value is -2.47. The van der Waals surface area contributed by atoms with Gasteiger partial charge in [-0.15, -0.1) is 0 Å². The average Bonchev–Trinajstić information content (AvgIpc) is 3.15. The normalized spacial score (nSPS) is 15.0. The van der Waals surface area contributed by atoms with Crippen molar-refractivity contribution in [2.45, 2.75) is 29.7 Å². The average molecular weight is 353 g/mol. The summed E-state index contributed by atoms with van der Waals surface area (Å²) < 4.78 is 26.5. The maximum Gasteiger partial charge on any atom is 0.227 e. The van der Waals surface area contributed by atoms with Crippen molar-refractivity contribution in [3.05, 3.63) is 54.1 Å². The first kappa shape index (κ1) is 16.0. The Bertz CT molecular complexity index is 1020. The van der Waals surface area contributed by atoms with Crippen molar-refractivity contribution in [1.82, 2.24) is 9.97 Å². The molecule has 4 rings (SSSR count). The first-order valence-electron chi connectivity index (χ1n) is 8.39. The van der Waals surface area contributed by atoms with E-state index < -0.39 is 9.84 Å². The standard InChI is InChI=1S/C19H19N3O2S/c1-14-8-10-15(11-9-14)25(23,24)19-18(22-12-4-5-13-22)20-16-6-2-3-7-17(16)21-19/h2-3,6-11H,4-5,12-13H2,1H3. The molecule has 0 spiro atoms. The first-order chi connectivity index (χ1) is 12.1. The van der Waals surface area contributed by atoms with Crippen molar-refractivity contribution in [3.63, 3.8) is 0 Å². The van der Waals surface area contributed by atoms with Crippen LogP contribution in [-0.2, 0) is 9.84 Å². The Morgan fingerprint density at radius 3 is 2.12 bits per heavy atom. The second-order valence-corrected chi connectivity index (χ2v) is 8.22. The zero-order valence-electron chi connectivity index (χ0n) is 14.0. The topological polar surface area (TPSA) is 63.2 Å². The Kier molecular flexibility index (Phi) is 3.92. The quantitative estimate of drug-likeness (QED) is 0.722. The van der Waals surface area contributed by atoms with Gasteiger partial charge in [0.2, 0.25) is 14.9 Å². The number of anilines is 1. The molecule has 0 unspecified atom stereocenters. The summed E-state index contributed by atoms with van der Waals surface area (Å²) in [6.07, 6.45) is 2.08. The van der Waals surface area contributed by atoms with Gasteiger partial charge in [0.25, 0.3) is 0 Å². The monoisotopic (exact) mass is 353 g/mol. The minimum Gasteiger partial charge on any atom is -0.354 e. The molecule has 5 nitrogen and oxygen atoms in total. The van der Waals surface area contributed by atoms with Crippen molar-refractivity contribution in [2.24, 2.45) is 0 Å². The molecule has 1 aliphatic heterocycles. The van der Waals surface area contributed by atoms with Gasteiger partial charge in [0.1, 0.15) is 0 Å². The highest BCUT2D eigenvalue weighted by molar-refractivity contribution is 7.91. The number of nitrogens with zero attached hydrogens (tertiary/aromatic N) is 3. The highest BCUT2D eigenvalue weighted by Crippen LogP contribution is 2.31. The lowest BCUT2D eigenvalue weighted by molar-refractivity contribution is 0.592. The van der Waals surface area contributed by atoms with E-state index in [0.717, 1.165) is 31.5 Å². The lowest BCUT2D eigenvalue weighted by atomic mass is 10.2. The van der Waals surface area contributed by atoms with Crippen LogP contribution in [0.5, 0.6) is 0 Å². The van der Waals surface area contributed by atoms with E-state index in [1.165, 1.54) is 0 Å². The summed E-state index contributed by atoms with van der Waals surface area (Å²) in [5.41, 5.74) is 2.33. The van der Waals surface area contributed by atoms with E-state index in [4.69, 9.17) is 0 Å². The molecule has 25 heavy (non-hydrogen) atoms. The summed E-state index contributed by atoms with van der Waals surface area (Å²) in [5.74, 6) is 0.469. The molecule has 1 fully saturated rings. The largest absolute Gasteiger partial charge is 0.354 e. The number of sulfone groups is 1. The Morgan fingerprint density at radius 2 is 1.48 bits per heavy atom. The summed E-state index contributed by atoms with van der Waals surface area (Å²) >= 11 is 0. The SMILES string of the molecule is Cc1ccc(S(=O)(=O)c2nc3ccccc3nc2N2CCCC2)cc1. The van der Waals surface area contributed by atoms with Crippen molar-refractivity contribution >= 4 is 26.7 Å². The van der Waals surface area contributed by atoms with Crippen LogP contribution in [0.15, 0.2) is 58.5 Å². The number of fused-ring (bicyclic) bond motifs is 1. The molecule has 2 aromatic carbocycles. The van der Waals surface area contributed by atoms with Crippen LogP contribution in [0.4, 0.5) is 5.82 Å². The Morgan fingerprint density at radius 1 is 0.880 bits per heavy atom. The summed E-state index contributed by atoms with van der Waals surface area (Å²) in [6, 6.07) is 14.3. The van der Waals surface area contributed by atoms with Crippen LogP contribution >= 0.6 is 0 Å². The number of benzene rings is 2. The molecule has 1 aliphatic rings. The number of aromatic nitrogens is 2. The number of rotatable bonds is 3. The third kappa shape index (κ3) is 2.87. The van der Waals surface area contributed by atoms with Crippen LogP contribution < -0.4 is 4.90 Å². The molecule has 128 valence electrons. The van der Waals surface area contributed by atoms with Crippen LogP contribution in [0, 0.1) is 6.92 Å². The molecular formula is C19H19N3O2S. The number of para-hydroxylation sites is 2. The molecule has 1 aromatic heterocycles. The predicted octanol–water partition coefficient (Wildman–Crippen LogP) is 3.37. The molecule has 0 radical (unpaired) electrons. The van der Waals surface area contributed by atoms with Gasteiger partial charge in [0.05, 0.1) is 15.9 Å². The second kappa shape index (κ2) is 6.11. The molecule has 1 saturated heterocycles. The summed E-state index contributed by atoms with van der Waals surface area (Å²) in [7, 11) is -3.73. The van der Waals surface area contributed by atoms with E-state index in [0.29, 0.717) is 16.9 Å². The van der Waals surface area contributed by atoms with Crippen LogP contribution in [0.1, 0.15) is 18.4 Å². The fraction of sp³-hybridized carbons (Fsp3) is 0.263. The van der Waals surface area contributed by atoms with E-state index in [1.54, 1.807) is 30.3 Å². The minimum atomic E-state index is -3.73. The molecule has 0 N–H and O–H groups in total. The van der Waals surface area contributed by atoms with Crippen molar-refractivity contribution in [1.29, 1.82) is 0 Å². The second-order valence-electron chi connectivity index (χ2n) is 6.35. The fourth-order valence-electron chi connectivity index (χ4n) is 3.12. The van der Waals surface area contributed by atoms with Gasteiger partial charge in [-0.1, -0.05) is 29.8 Å². The molecule has 6 heteroatoms. The van der Waals surface area contributed by atoms with Crippen LogP contribution in [0.2, 0.25) is 0 Å². The lowest BCUT2D eigenvalue weighted by Crippen LogP contribution is -2.23. The van der Waals surface area contributed by atoms with Gasteiger partial charge in [0.15, 0.2) is 5.82 Å². The van der Waals surface area contributed by atoms with Gasteiger partial charge in [0, 0.05) is 13.1 Å². The van der Waals surface area contributed by atoms with E-state index in [-0.39, 0.29) is 9.92 Å². The summed E-state index contributed by atoms with van der Waals surface area (Å²) in [6.45, 7) is 3.55. The Balaban J connectivity index is 1.95. The molecule has 0 aliphatic carbocycles. The van der Waals surface area contributed by atoms with Gasteiger partial charge in [-0.3, -0.25) is 0 Å². The number of hydrogen-bond donors (Lipinski definition) is 0. The van der Waals surface area contributed by atoms with Gasteiger partial charge in [-0.2, -0.15) is 0 Å². The molecule has 3 aromatic rings. The van der Waals surface area contributed by atoms with Gasteiger partial charge >= 0.3 is 0 Å². The first-order valence-corrected chi connectivity index (χ1v) is 9.87. The number of aryl methyl sites for hydroxylation is 1. The fourth-order valence-corrected chi connectivity index (χ4v) is 4.47. The lowest BCUT2D eigenvalue weighted by Gasteiger charge is -2.20. The van der Waals surface area contributed by atoms with Gasteiger partial charge in [-0.05, 0) is 44.0 Å². The van der Waals surface area contributed by atoms with Gasteiger partial charge in [-0.25, -0.2) is 18.4 Å². The summed E-state index contributed by atoms with van der Waals surface area (Å²) in [5, 5.41) is 0.0527. The smallest absolute Gasteiger partial charge is 0.227 e. The van der Waals surface area contributed by atoms with Crippen LogP contribution in [0.3, 0.4) is 0 Å². The Labute approximate surface area is 147 Å². The highest BCUT2D eigenvalue weighted by atomic mass is 32.2. The third-order valence-electron chi connectivity index (χ3n) is 4.51. The van der Waals surface area contributed by atoms with Crippen molar-refractivity contribution in [2.75, 3.05) is 18.0 Å². The minimum absolute atomic E-state index is 0.0527. The number of hydrogen-bond acceptors (Lipinski definition) is 5. The van der Waals surface area contributed by atoms with E-state index >= 15 is 0 Å². The van der Waals surface area contributed by atoms with Crippen molar-refractivity contribution < 1.29 is 8.42 Å². The molecule has 0 bridgehead atoms. The van der Waals surface area contributed by atoms with E-state index in [1.807, 2.05) is 30.0 Å². The van der Waals surface area contributed by atoms with E-state index in [9.17, 15) is 8.42 Å². The zero-order valence-corrected chi connectivity index (χ0v) is 14.8. The maximum atomic E-state index is 13.2. The molecule has 2 heterocycles. The van der Waals surface area contributed by atoms with Crippen molar-refractivity contribution in [3.8, 4) is 0 Å². The maximum absolute atomic E-state index is 13.2. The molecular weight excluding hydrogens is 334 g/mol. The van der Waals surface area contributed by atoms with Crippen LogP contribution in [-0.4, -0.2) is 31.5 Å². The highest BCUT2D eigenvalue weighted by Gasteiger charge is 2.29. The van der Waals surface area contributed by atoms with Crippen LogP contribution in [0.25, 0.3) is 11.0 Å². The van der Waals surface area contributed by atoms with Gasteiger partial charge < -0.3 is 4.90 Å². The van der Waals surface area contributed by atoms with E-state index in [2.05, 4.69) is 9.97 Å².